The fourth-order valence-corrected chi connectivity index (χ4v) is 0.765. The Balaban J connectivity index is 3.41. The first-order chi connectivity index (χ1) is 5.79. The van der Waals surface area contributed by atoms with E-state index in [9.17, 15) is 9.18 Å². The quantitative estimate of drug-likeness (QED) is 0.465. The lowest BCUT2D eigenvalue weighted by Crippen LogP contribution is -1.80. The largest absolute Gasteiger partial charge is 0.240 e. The Morgan fingerprint density at radius 1 is 1.50 bits per heavy atom. The Morgan fingerprint density at radius 2 is 2.25 bits per heavy atom. The average molecular weight is 162 g/mol. The van der Waals surface area contributed by atoms with Gasteiger partial charge in [-0.15, -0.1) is 0 Å². The summed E-state index contributed by atoms with van der Waals surface area (Å²) in [5.41, 5.74) is -0.228. The highest BCUT2D eigenvalue weighted by molar-refractivity contribution is 5.58. The maximum absolute atomic E-state index is 12.8. The lowest BCUT2D eigenvalue weighted by molar-refractivity contribution is 0.564. The standard InChI is InChI=1S/C8H3FN2O/c9-7-3-1-2-6(4-10)8(7)11-5-12/h1-3H. The first-order valence-corrected chi connectivity index (χ1v) is 3.06. The summed E-state index contributed by atoms with van der Waals surface area (Å²) in [6, 6.07) is 5.58. The molecule has 0 bridgehead atoms. The van der Waals surface area contributed by atoms with Crippen LogP contribution in [0.15, 0.2) is 23.2 Å². The van der Waals surface area contributed by atoms with Crippen LogP contribution in [-0.2, 0) is 4.79 Å². The van der Waals surface area contributed by atoms with Crippen molar-refractivity contribution >= 4 is 11.8 Å². The van der Waals surface area contributed by atoms with Crippen molar-refractivity contribution in [3.8, 4) is 6.07 Å². The van der Waals surface area contributed by atoms with Crippen LogP contribution in [0.25, 0.3) is 0 Å². The molecule has 12 heavy (non-hydrogen) atoms. The number of aliphatic imine (C=N–C) groups is 1. The first kappa shape index (κ1) is 8.12. The number of nitriles is 1. The Kier molecular flexibility index (Phi) is 2.32. The van der Waals surface area contributed by atoms with Gasteiger partial charge in [-0.25, -0.2) is 9.18 Å². The van der Waals surface area contributed by atoms with E-state index in [1.54, 1.807) is 6.07 Å². The smallest absolute Gasteiger partial charge is 0.211 e. The van der Waals surface area contributed by atoms with E-state index in [1.807, 2.05) is 0 Å². The third-order valence-electron chi connectivity index (χ3n) is 1.26. The molecular formula is C8H3FN2O. The number of hydrogen-bond donors (Lipinski definition) is 0. The predicted molar refractivity (Wildman–Crippen MR) is 38.9 cm³/mol. The Labute approximate surface area is 67.8 Å². The molecule has 58 valence electrons. The Hall–Kier alpha value is -1.98. The minimum atomic E-state index is -0.697. The fraction of sp³-hybridized carbons (Fsp3) is 0. The molecule has 0 aliphatic rings. The van der Waals surface area contributed by atoms with Gasteiger partial charge in [0.15, 0.2) is 5.82 Å². The number of carbonyl (C=O) groups excluding carboxylic acids is 1. The van der Waals surface area contributed by atoms with Gasteiger partial charge in [-0.2, -0.15) is 10.3 Å². The van der Waals surface area contributed by atoms with E-state index >= 15 is 0 Å². The molecule has 0 aromatic heterocycles. The topological polar surface area (TPSA) is 53.2 Å². The van der Waals surface area contributed by atoms with Crippen LogP contribution < -0.4 is 0 Å². The number of rotatable bonds is 1. The fourth-order valence-electron chi connectivity index (χ4n) is 0.765. The van der Waals surface area contributed by atoms with E-state index in [1.165, 1.54) is 18.2 Å². The van der Waals surface area contributed by atoms with E-state index in [0.717, 1.165) is 6.07 Å². The Morgan fingerprint density at radius 3 is 2.83 bits per heavy atom. The zero-order valence-corrected chi connectivity index (χ0v) is 5.91. The third-order valence-corrected chi connectivity index (χ3v) is 1.26. The molecule has 0 aliphatic carbocycles. The van der Waals surface area contributed by atoms with Gasteiger partial charge in [0, 0.05) is 0 Å². The summed E-state index contributed by atoms with van der Waals surface area (Å²) in [6.07, 6.45) is 1.18. The summed E-state index contributed by atoms with van der Waals surface area (Å²) in [4.78, 5) is 12.9. The number of hydrogen-bond acceptors (Lipinski definition) is 3. The van der Waals surface area contributed by atoms with E-state index < -0.39 is 5.82 Å². The first-order valence-electron chi connectivity index (χ1n) is 3.06. The molecule has 0 heterocycles. The average Bonchev–Trinajstić information content (AvgIpc) is 2.09. The van der Waals surface area contributed by atoms with Gasteiger partial charge in [0.05, 0.1) is 5.56 Å². The van der Waals surface area contributed by atoms with Crippen molar-refractivity contribution < 1.29 is 9.18 Å². The van der Waals surface area contributed by atoms with Crippen LogP contribution >= 0.6 is 0 Å². The van der Waals surface area contributed by atoms with Gasteiger partial charge in [-0.1, -0.05) is 6.07 Å². The van der Waals surface area contributed by atoms with Gasteiger partial charge < -0.3 is 0 Å². The van der Waals surface area contributed by atoms with Crippen LogP contribution in [0.4, 0.5) is 10.1 Å². The van der Waals surface area contributed by atoms with Crippen LogP contribution in [0.5, 0.6) is 0 Å². The minimum Gasteiger partial charge on any atom is -0.211 e. The molecular weight excluding hydrogens is 159 g/mol. The van der Waals surface area contributed by atoms with Crippen LogP contribution in [0, 0.1) is 17.1 Å². The molecule has 0 spiro atoms. The van der Waals surface area contributed by atoms with Crippen molar-refractivity contribution in [1.29, 1.82) is 5.26 Å². The second-order valence-corrected chi connectivity index (χ2v) is 1.95. The van der Waals surface area contributed by atoms with Gasteiger partial charge >= 0.3 is 0 Å². The highest BCUT2D eigenvalue weighted by Crippen LogP contribution is 2.21. The molecule has 0 atom stereocenters. The van der Waals surface area contributed by atoms with Crippen molar-refractivity contribution in [2.45, 2.75) is 0 Å². The molecule has 0 amide bonds. The summed E-state index contributed by atoms with van der Waals surface area (Å²) in [5.74, 6) is -0.697. The predicted octanol–water partition coefficient (Wildman–Crippen LogP) is 1.66. The maximum atomic E-state index is 12.8. The normalized spacial score (nSPS) is 8.33. The van der Waals surface area contributed by atoms with Crippen LogP contribution in [0.3, 0.4) is 0 Å². The molecule has 0 N–H and O–H groups in total. The van der Waals surface area contributed by atoms with E-state index in [0.29, 0.717) is 0 Å². The van der Waals surface area contributed by atoms with Crippen molar-refractivity contribution in [2.24, 2.45) is 4.99 Å². The van der Waals surface area contributed by atoms with Crippen molar-refractivity contribution in [1.82, 2.24) is 0 Å². The number of isocyanates is 1. The van der Waals surface area contributed by atoms with Crippen LogP contribution in [0.1, 0.15) is 5.56 Å². The number of halogens is 1. The van der Waals surface area contributed by atoms with Crippen molar-refractivity contribution in [2.75, 3.05) is 0 Å². The van der Waals surface area contributed by atoms with Gasteiger partial charge in [-0.05, 0) is 12.1 Å². The summed E-state index contributed by atoms with van der Waals surface area (Å²) in [7, 11) is 0. The van der Waals surface area contributed by atoms with Gasteiger partial charge in [0.1, 0.15) is 11.8 Å². The maximum Gasteiger partial charge on any atom is 0.240 e. The lowest BCUT2D eigenvalue weighted by atomic mass is 10.2. The zero-order chi connectivity index (χ0) is 8.97. The van der Waals surface area contributed by atoms with Gasteiger partial charge in [-0.3, -0.25) is 0 Å². The van der Waals surface area contributed by atoms with E-state index in [-0.39, 0.29) is 11.3 Å². The summed E-state index contributed by atoms with van der Waals surface area (Å²) in [5, 5.41) is 8.46. The molecule has 1 rings (SSSR count). The number of nitrogens with zero attached hydrogens (tertiary/aromatic N) is 2. The minimum absolute atomic E-state index is 0.0263. The molecule has 1 aromatic carbocycles. The third kappa shape index (κ3) is 1.36. The van der Waals surface area contributed by atoms with Crippen LogP contribution in [-0.4, -0.2) is 6.08 Å². The second kappa shape index (κ2) is 3.42. The van der Waals surface area contributed by atoms with Gasteiger partial charge in [0.25, 0.3) is 0 Å². The molecule has 0 saturated carbocycles. The van der Waals surface area contributed by atoms with Crippen LogP contribution in [0.2, 0.25) is 0 Å². The highest BCUT2D eigenvalue weighted by Gasteiger charge is 2.05. The zero-order valence-electron chi connectivity index (χ0n) is 5.91. The number of para-hydroxylation sites is 1. The number of benzene rings is 1. The summed E-state index contributed by atoms with van der Waals surface area (Å²) in [6.45, 7) is 0. The van der Waals surface area contributed by atoms with Gasteiger partial charge in [0.2, 0.25) is 6.08 Å². The lowest BCUT2D eigenvalue weighted by Gasteiger charge is -1.94. The Bertz CT molecular complexity index is 389. The van der Waals surface area contributed by atoms with Crippen molar-refractivity contribution in [3.05, 3.63) is 29.6 Å². The molecule has 0 saturated heterocycles. The van der Waals surface area contributed by atoms with E-state index in [4.69, 9.17) is 5.26 Å². The van der Waals surface area contributed by atoms with Crippen molar-refractivity contribution in [3.63, 3.8) is 0 Å². The summed E-state index contributed by atoms with van der Waals surface area (Å²) < 4.78 is 12.8. The molecule has 1 aromatic rings. The molecule has 0 unspecified atom stereocenters. The molecule has 0 fully saturated rings. The molecule has 3 nitrogen and oxygen atoms in total. The monoisotopic (exact) mass is 162 g/mol. The van der Waals surface area contributed by atoms with E-state index in [2.05, 4.69) is 4.99 Å². The molecule has 0 radical (unpaired) electrons. The molecule has 0 aliphatic heterocycles. The summed E-state index contributed by atoms with van der Waals surface area (Å²) >= 11 is 0. The SMILES string of the molecule is N#Cc1cccc(F)c1N=C=O. The second-order valence-electron chi connectivity index (χ2n) is 1.95. The highest BCUT2D eigenvalue weighted by atomic mass is 19.1. The molecule has 4 heteroatoms.